The second kappa shape index (κ2) is 5.13. The summed E-state index contributed by atoms with van der Waals surface area (Å²) in [5.74, 6) is 0.758. The zero-order valence-corrected chi connectivity index (χ0v) is 9.04. The molecule has 0 spiro atoms. The topological polar surface area (TPSA) is 32.3 Å². The van der Waals surface area contributed by atoms with Gasteiger partial charge in [0.2, 0.25) is 0 Å². The summed E-state index contributed by atoms with van der Waals surface area (Å²) in [5, 5.41) is 12.8. The van der Waals surface area contributed by atoms with E-state index in [1.165, 1.54) is 38.5 Å². The highest BCUT2D eigenvalue weighted by atomic mass is 16.3. The average molecular weight is 197 g/mol. The fourth-order valence-electron chi connectivity index (χ4n) is 2.68. The summed E-state index contributed by atoms with van der Waals surface area (Å²) in [6.45, 7) is 1.14. The van der Waals surface area contributed by atoms with Gasteiger partial charge in [-0.1, -0.05) is 25.7 Å². The van der Waals surface area contributed by atoms with Crippen LogP contribution in [0.5, 0.6) is 0 Å². The Hall–Kier alpha value is -0.0800. The second-order valence-corrected chi connectivity index (χ2v) is 5.09. The third-order valence-electron chi connectivity index (χ3n) is 3.76. The van der Waals surface area contributed by atoms with E-state index >= 15 is 0 Å². The van der Waals surface area contributed by atoms with E-state index < -0.39 is 0 Å². The minimum Gasteiger partial charge on any atom is -0.393 e. The Morgan fingerprint density at radius 3 is 2.21 bits per heavy atom. The fourth-order valence-corrected chi connectivity index (χ4v) is 2.68. The number of aliphatic hydroxyl groups excluding tert-OH is 1. The molecule has 2 fully saturated rings. The van der Waals surface area contributed by atoms with E-state index in [1.54, 1.807) is 0 Å². The summed E-state index contributed by atoms with van der Waals surface area (Å²) in [6.07, 6.45) is 10.5. The van der Waals surface area contributed by atoms with Gasteiger partial charge >= 0.3 is 0 Å². The lowest BCUT2D eigenvalue weighted by Crippen LogP contribution is -2.40. The molecule has 0 amide bonds. The molecule has 2 aliphatic rings. The fraction of sp³-hybridized carbons (Fsp3) is 1.00. The molecule has 2 rings (SSSR count). The number of hydrogen-bond donors (Lipinski definition) is 2. The van der Waals surface area contributed by atoms with Crippen LogP contribution in [0, 0.1) is 5.92 Å². The molecular formula is C12H23NO. The summed E-state index contributed by atoms with van der Waals surface area (Å²) in [4.78, 5) is 0. The van der Waals surface area contributed by atoms with E-state index in [0.717, 1.165) is 31.3 Å². The molecule has 0 radical (unpaired) electrons. The quantitative estimate of drug-likeness (QED) is 0.679. The van der Waals surface area contributed by atoms with E-state index in [1.807, 2.05) is 0 Å². The van der Waals surface area contributed by atoms with Crippen LogP contribution in [0.25, 0.3) is 0 Å². The Labute approximate surface area is 87.1 Å². The number of nitrogens with one attached hydrogen (secondary N) is 1. The predicted molar refractivity (Wildman–Crippen MR) is 58.2 cm³/mol. The Bertz CT molecular complexity index is 158. The van der Waals surface area contributed by atoms with Gasteiger partial charge in [-0.2, -0.15) is 0 Å². The van der Waals surface area contributed by atoms with Crippen LogP contribution in [-0.4, -0.2) is 23.8 Å². The van der Waals surface area contributed by atoms with Crippen LogP contribution in [0.3, 0.4) is 0 Å². The van der Waals surface area contributed by atoms with Gasteiger partial charge in [0, 0.05) is 6.04 Å². The molecule has 2 N–H and O–H groups in total. The maximum atomic E-state index is 9.17. The van der Waals surface area contributed by atoms with Gasteiger partial charge in [-0.3, -0.25) is 0 Å². The highest BCUT2D eigenvalue weighted by Crippen LogP contribution is 2.27. The second-order valence-electron chi connectivity index (χ2n) is 5.09. The summed E-state index contributed by atoms with van der Waals surface area (Å²) in [5.41, 5.74) is 0. The minimum absolute atomic E-state index is 0.0101. The van der Waals surface area contributed by atoms with Crippen LogP contribution >= 0.6 is 0 Å². The third kappa shape index (κ3) is 2.96. The molecule has 14 heavy (non-hydrogen) atoms. The van der Waals surface area contributed by atoms with Crippen molar-refractivity contribution in [3.8, 4) is 0 Å². The van der Waals surface area contributed by atoms with Gasteiger partial charge in [0.05, 0.1) is 6.10 Å². The molecule has 2 saturated carbocycles. The molecule has 2 aliphatic carbocycles. The van der Waals surface area contributed by atoms with Crippen LogP contribution in [0.1, 0.15) is 51.4 Å². The third-order valence-corrected chi connectivity index (χ3v) is 3.76. The van der Waals surface area contributed by atoms with Crippen molar-refractivity contribution in [2.45, 2.75) is 63.5 Å². The van der Waals surface area contributed by atoms with Gasteiger partial charge in [0.1, 0.15) is 0 Å². The van der Waals surface area contributed by atoms with Gasteiger partial charge in [0.15, 0.2) is 0 Å². The van der Waals surface area contributed by atoms with Crippen LogP contribution in [0.4, 0.5) is 0 Å². The van der Waals surface area contributed by atoms with Crippen molar-refractivity contribution in [3.05, 3.63) is 0 Å². The Balaban J connectivity index is 1.59. The van der Waals surface area contributed by atoms with Gasteiger partial charge in [-0.15, -0.1) is 0 Å². The maximum Gasteiger partial charge on any atom is 0.0546 e. The van der Waals surface area contributed by atoms with Crippen LogP contribution in [0.15, 0.2) is 0 Å². The smallest absolute Gasteiger partial charge is 0.0546 e. The first-order valence-electron chi connectivity index (χ1n) is 6.26. The van der Waals surface area contributed by atoms with Crippen LogP contribution in [0.2, 0.25) is 0 Å². The molecule has 0 aromatic rings. The summed E-state index contributed by atoms with van der Waals surface area (Å²) in [6, 6.07) is 0.773. The normalized spacial score (nSPS) is 34.9. The standard InChI is InChI=1S/C12H23NO/c14-12-7-10(8-12)9-13-11-5-3-1-2-4-6-11/h10-14H,1-9H2. The van der Waals surface area contributed by atoms with E-state index in [-0.39, 0.29) is 6.10 Å². The molecule has 0 unspecified atom stereocenters. The number of rotatable bonds is 3. The SMILES string of the molecule is OC1CC(CNC2CCCCCC2)C1. The van der Waals surface area contributed by atoms with Crippen molar-refractivity contribution in [1.29, 1.82) is 0 Å². The zero-order valence-electron chi connectivity index (χ0n) is 9.04. The molecule has 0 heterocycles. The summed E-state index contributed by atoms with van der Waals surface area (Å²) >= 11 is 0. The minimum atomic E-state index is 0.0101. The van der Waals surface area contributed by atoms with Crippen LogP contribution < -0.4 is 5.32 Å². The summed E-state index contributed by atoms with van der Waals surface area (Å²) < 4.78 is 0. The molecule has 0 aromatic carbocycles. The van der Waals surface area contributed by atoms with E-state index in [0.29, 0.717) is 0 Å². The highest BCUT2D eigenvalue weighted by molar-refractivity contribution is 4.82. The first-order valence-corrected chi connectivity index (χ1v) is 6.26. The average Bonchev–Trinajstić information content (AvgIpc) is 2.38. The van der Waals surface area contributed by atoms with Gasteiger partial charge in [0.25, 0.3) is 0 Å². The number of hydrogen-bond acceptors (Lipinski definition) is 2. The van der Waals surface area contributed by atoms with Crippen LogP contribution in [-0.2, 0) is 0 Å². The van der Waals surface area contributed by atoms with Crippen molar-refractivity contribution >= 4 is 0 Å². The van der Waals surface area contributed by atoms with E-state index in [4.69, 9.17) is 0 Å². The molecule has 0 bridgehead atoms. The maximum absolute atomic E-state index is 9.17. The molecule has 0 atom stereocenters. The molecular weight excluding hydrogens is 174 g/mol. The first kappa shape index (κ1) is 10.4. The van der Waals surface area contributed by atoms with Gasteiger partial charge in [-0.05, 0) is 38.1 Å². The lowest BCUT2D eigenvalue weighted by atomic mass is 9.82. The summed E-state index contributed by atoms with van der Waals surface area (Å²) in [7, 11) is 0. The Kier molecular flexibility index (Phi) is 3.82. The van der Waals surface area contributed by atoms with Crippen molar-refractivity contribution in [2.24, 2.45) is 5.92 Å². The lowest BCUT2D eigenvalue weighted by molar-refractivity contribution is 0.0416. The van der Waals surface area contributed by atoms with Gasteiger partial charge < -0.3 is 10.4 Å². The first-order chi connectivity index (χ1) is 6.84. The molecule has 82 valence electrons. The van der Waals surface area contributed by atoms with Crippen molar-refractivity contribution in [2.75, 3.05) is 6.54 Å². The zero-order chi connectivity index (χ0) is 9.80. The molecule has 2 heteroatoms. The van der Waals surface area contributed by atoms with Crippen molar-refractivity contribution in [1.82, 2.24) is 5.32 Å². The lowest BCUT2D eigenvalue weighted by Gasteiger charge is -2.32. The molecule has 0 saturated heterocycles. The van der Waals surface area contributed by atoms with E-state index in [9.17, 15) is 5.11 Å². The van der Waals surface area contributed by atoms with Crippen molar-refractivity contribution < 1.29 is 5.11 Å². The predicted octanol–water partition coefficient (Wildman–Crippen LogP) is 2.07. The molecule has 2 nitrogen and oxygen atoms in total. The monoisotopic (exact) mass is 197 g/mol. The Morgan fingerprint density at radius 2 is 1.64 bits per heavy atom. The molecule has 0 aliphatic heterocycles. The highest BCUT2D eigenvalue weighted by Gasteiger charge is 2.27. The van der Waals surface area contributed by atoms with Gasteiger partial charge in [-0.25, -0.2) is 0 Å². The largest absolute Gasteiger partial charge is 0.393 e. The Morgan fingerprint density at radius 1 is 1.00 bits per heavy atom. The number of aliphatic hydroxyl groups is 1. The molecule has 0 aromatic heterocycles. The van der Waals surface area contributed by atoms with Crippen molar-refractivity contribution in [3.63, 3.8) is 0 Å². The van der Waals surface area contributed by atoms with E-state index in [2.05, 4.69) is 5.32 Å².